The molecule has 2 N–H and O–H groups in total. The van der Waals surface area contributed by atoms with Crippen molar-refractivity contribution in [2.45, 2.75) is 13.0 Å². The van der Waals surface area contributed by atoms with Crippen LogP contribution in [0.15, 0.2) is 95.9 Å². The van der Waals surface area contributed by atoms with Crippen molar-refractivity contribution in [3.05, 3.63) is 108 Å². The van der Waals surface area contributed by atoms with Crippen LogP contribution in [0.2, 0.25) is 0 Å². The van der Waals surface area contributed by atoms with Gasteiger partial charge in [-0.1, -0.05) is 42.5 Å². The van der Waals surface area contributed by atoms with Gasteiger partial charge in [0, 0.05) is 41.1 Å². The van der Waals surface area contributed by atoms with Gasteiger partial charge in [0.1, 0.15) is 5.58 Å². The van der Waals surface area contributed by atoms with Gasteiger partial charge in [0.2, 0.25) is 5.91 Å². The number of aromatic nitrogens is 1. The van der Waals surface area contributed by atoms with Crippen molar-refractivity contribution >= 4 is 39.2 Å². The predicted octanol–water partition coefficient (Wildman–Crippen LogP) is 5.09. The summed E-state index contributed by atoms with van der Waals surface area (Å²) in [5.74, 6) is -0.311. The van der Waals surface area contributed by atoms with Crippen molar-refractivity contribution in [3.8, 4) is 0 Å². The first-order valence-corrected chi connectivity index (χ1v) is 10.6. The third-order valence-electron chi connectivity index (χ3n) is 5.51. The molecule has 0 atom stereocenters. The molecule has 6 nitrogen and oxygen atoms in total. The van der Waals surface area contributed by atoms with Crippen molar-refractivity contribution in [3.63, 3.8) is 0 Å². The molecule has 5 aromatic rings. The summed E-state index contributed by atoms with van der Waals surface area (Å²) in [6, 6.07) is 22.7. The van der Waals surface area contributed by atoms with Crippen LogP contribution < -0.4 is 10.6 Å². The highest BCUT2D eigenvalue weighted by atomic mass is 16.3. The molecule has 6 heteroatoms. The van der Waals surface area contributed by atoms with Crippen molar-refractivity contribution in [1.29, 1.82) is 0 Å². The molecule has 3 aromatic carbocycles. The molecule has 162 valence electrons. The quantitative estimate of drug-likeness (QED) is 0.389. The molecule has 0 saturated carbocycles. The minimum Gasteiger partial charge on any atom is -0.464 e. The molecule has 0 unspecified atom stereocenters. The summed E-state index contributed by atoms with van der Waals surface area (Å²) in [6.45, 7) is 0.355. The third-order valence-corrected chi connectivity index (χ3v) is 5.51. The van der Waals surface area contributed by atoms with Gasteiger partial charge in [-0.25, -0.2) is 0 Å². The van der Waals surface area contributed by atoms with Gasteiger partial charge >= 0.3 is 0 Å². The van der Waals surface area contributed by atoms with Crippen molar-refractivity contribution in [2.75, 3.05) is 5.32 Å². The van der Waals surface area contributed by atoms with Gasteiger partial charge in [0.25, 0.3) is 5.91 Å². The lowest BCUT2D eigenvalue weighted by molar-refractivity contribution is -0.120. The van der Waals surface area contributed by atoms with Crippen LogP contribution in [0.1, 0.15) is 21.5 Å². The van der Waals surface area contributed by atoms with E-state index in [4.69, 9.17) is 4.42 Å². The summed E-state index contributed by atoms with van der Waals surface area (Å²) >= 11 is 0. The number of nitrogens with zero attached hydrogens (tertiary/aromatic N) is 1. The summed E-state index contributed by atoms with van der Waals surface area (Å²) < 4.78 is 5.69. The van der Waals surface area contributed by atoms with E-state index in [0.717, 1.165) is 32.9 Å². The Bertz CT molecular complexity index is 1460. The lowest BCUT2D eigenvalue weighted by atomic mass is 10.0. The Balaban J connectivity index is 1.25. The third kappa shape index (κ3) is 4.45. The first-order valence-electron chi connectivity index (χ1n) is 10.6. The topological polar surface area (TPSA) is 84.2 Å². The number of carbonyl (C=O) groups excluding carboxylic acids is 2. The number of furan rings is 1. The molecule has 0 spiro atoms. The minimum absolute atomic E-state index is 0.100. The Morgan fingerprint density at radius 2 is 1.76 bits per heavy atom. The molecule has 2 heterocycles. The molecule has 0 bridgehead atoms. The van der Waals surface area contributed by atoms with Crippen LogP contribution in [-0.4, -0.2) is 16.8 Å². The Labute approximate surface area is 190 Å². The van der Waals surface area contributed by atoms with Crippen LogP contribution in [0.5, 0.6) is 0 Å². The lowest BCUT2D eigenvalue weighted by Crippen LogP contribution is -2.24. The van der Waals surface area contributed by atoms with Gasteiger partial charge < -0.3 is 15.1 Å². The Hall–Kier alpha value is -4.45. The Kier molecular flexibility index (Phi) is 5.55. The van der Waals surface area contributed by atoms with E-state index in [1.165, 1.54) is 0 Å². The van der Waals surface area contributed by atoms with Crippen LogP contribution >= 0.6 is 0 Å². The summed E-state index contributed by atoms with van der Waals surface area (Å²) in [7, 11) is 0. The molecule has 0 aliphatic rings. The SMILES string of the molecule is O=C(Cc1coc2ccc3ccccc3c12)NCc1cccc(NC(=O)c2ccncc2)c1. The second kappa shape index (κ2) is 8.96. The second-order valence-corrected chi connectivity index (χ2v) is 7.76. The molecule has 0 fully saturated rings. The van der Waals surface area contributed by atoms with Crippen LogP contribution in [0.4, 0.5) is 5.69 Å². The number of hydrogen-bond donors (Lipinski definition) is 2. The number of rotatable bonds is 6. The molecule has 5 rings (SSSR count). The fraction of sp³-hybridized carbons (Fsp3) is 0.0741. The normalized spacial score (nSPS) is 10.9. The van der Waals surface area contributed by atoms with Gasteiger partial charge in [0.15, 0.2) is 0 Å². The minimum atomic E-state index is -0.211. The van der Waals surface area contributed by atoms with Crippen LogP contribution in [-0.2, 0) is 17.8 Å². The number of nitrogens with one attached hydrogen (secondary N) is 2. The van der Waals surface area contributed by atoms with E-state index < -0.39 is 0 Å². The van der Waals surface area contributed by atoms with Gasteiger partial charge in [-0.3, -0.25) is 14.6 Å². The highest BCUT2D eigenvalue weighted by Gasteiger charge is 2.13. The summed E-state index contributed by atoms with van der Waals surface area (Å²) in [4.78, 5) is 29.0. The van der Waals surface area contributed by atoms with E-state index in [0.29, 0.717) is 17.8 Å². The van der Waals surface area contributed by atoms with E-state index >= 15 is 0 Å². The van der Waals surface area contributed by atoms with Crippen molar-refractivity contribution in [2.24, 2.45) is 0 Å². The van der Waals surface area contributed by atoms with E-state index in [1.54, 1.807) is 30.8 Å². The average Bonchev–Trinajstić information content (AvgIpc) is 3.26. The van der Waals surface area contributed by atoms with Gasteiger partial charge in [-0.05, 0) is 46.7 Å². The molecular formula is C27H21N3O3. The van der Waals surface area contributed by atoms with E-state index in [-0.39, 0.29) is 18.2 Å². The number of anilines is 1. The van der Waals surface area contributed by atoms with Crippen LogP contribution in [0.3, 0.4) is 0 Å². The zero-order chi connectivity index (χ0) is 22.6. The van der Waals surface area contributed by atoms with Crippen LogP contribution in [0, 0.1) is 0 Å². The molecule has 2 amide bonds. The number of carbonyl (C=O) groups is 2. The maximum Gasteiger partial charge on any atom is 0.255 e. The highest BCUT2D eigenvalue weighted by Crippen LogP contribution is 2.30. The van der Waals surface area contributed by atoms with Crippen LogP contribution in [0.25, 0.3) is 21.7 Å². The van der Waals surface area contributed by atoms with Gasteiger partial charge in [-0.15, -0.1) is 0 Å². The van der Waals surface area contributed by atoms with Crippen molar-refractivity contribution < 1.29 is 14.0 Å². The summed E-state index contributed by atoms with van der Waals surface area (Å²) in [5.41, 5.74) is 3.71. The van der Waals surface area contributed by atoms with Gasteiger partial charge in [0.05, 0.1) is 12.7 Å². The maximum absolute atomic E-state index is 12.7. The first-order chi connectivity index (χ1) is 16.2. The standard InChI is InChI=1S/C27H21N3O3/c31-25(15-21-17-33-24-9-8-19-5-1-2-7-23(19)26(21)24)29-16-18-4-3-6-22(14-18)30-27(32)20-10-12-28-13-11-20/h1-14,17H,15-16H2,(H,29,31)(H,30,32). The summed E-state index contributed by atoms with van der Waals surface area (Å²) in [6.07, 6.45) is 5.03. The molecule has 33 heavy (non-hydrogen) atoms. The zero-order valence-corrected chi connectivity index (χ0v) is 17.7. The number of fused-ring (bicyclic) bond motifs is 3. The lowest BCUT2D eigenvalue weighted by Gasteiger charge is -2.09. The fourth-order valence-corrected chi connectivity index (χ4v) is 3.91. The predicted molar refractivity (Wildman–Crippen MR) is 128 cm³/mol. The number of benzene rings is 3. The molecule has 0 radical (unpaired) electrons. The largest absolute Gasteiger partial charge is 0.464 e. The van der Waals surface area contributed by atoms with Crippen molar-refractivity contribution in [1.82, 2.24) is 10.3 Å². The smallest absolute Gasteiger partial charge is 0.255 e. The van der Waals surface area contributed by atoms with Gasteiger partial charge in [-0.2, -0.15) is 0 Å². The molecule has 0 aliphatic carbocycles. The average molecular weight is 435 g/mol. The molecule has 0 aliphatic heterocycles. The molecule has 0 saturated heterocycles. The van der Waals surface area contributed by atoms with E-state index in [2.05, 4.69) is 15.6 Å². The summed E-state index contributed by atoms with van der Waals surface area (Å²) in [5, 5.41) is 8.99. The highest BCUT2D eigenvalue weighted by molar-refractivity contribution is 6.08. The molecular weight excluding hydrogens is 414 g/mol. The maximum atomic E-state index is 12.7. The Morgan fingerprint density at radius 3 is 2.64 bits per heavy atom. The monoisotopic (exact) mass is 435 g/mol. The molecule has 2 aromatic heterocycles. The first kappa shape index (κ1) is 20.5. The fourth-order valence-electron chi connectivity index (χ4n) is 3.91. The zero-order valence-electron chi connectivity index (χ0n) is 17.7. The number of amides is 2. The second-order valence-electron chi connectivity index (χ2n) is 7.76. The van der Waals surface area contributed by atoms with E-state index in [9.17, 15) is 9.59 Å². The Morgan fingerprint density at radius 1 is 0.909 bits per heavy atom. The number of hydrogen-bond acceptors (Lipinski definition) is 4. The number of pyridine rings is 1. The van der Waals surface area contributed by atoms with E-state index in [1.807, 2.05) is 60.7 Å².